The summed E-state index contributed by atoms with van der Waals surface area (Å²) in [7, 11) is 0. The number of aromatic amines is 1. The van der Waals surface area contributed by atoms with Crippen LogP contribution >= 0.6 is 0 Å². The van der Waals surface area contributed by atoms with Crippen molar-refractivity contribution in [1.29, 1.82) is 0 Å². The third-order valence-electron chi connectivity index (χ3n) is 2.71. The fourth-order valence-corrected chi connectivity index (χ4v) is 1.71. The van der Waals surface area contributed by atoms with E-state index in [0.717, 1.165) is 24.1 Å². The van der Waals surface area contributed by atoms with Crippen molar-refractivity contribution in [2.45, 2.75) is 18.8 Å². The van der Waals surface area contributed by atoms with Crippen molar-refractivity contribution in [1.82, 2.24) is 15.0 Å². The first-order valence-electron chi connectivity index (χ1n) is 5.34. The maximum atomic E-state index is 11.5. The zero-order chi connectivity index (χ0) is 11.0. The number of pyridine rings is 1. The molecule has 16 heavy (non-hydrogen) atoms. The molecule has 1 aliphatic rings. The largest absolute Gasteiger partial charge is 0.307 e. The molecule has 2 heterocycles. The van der Waals surface area contributed by atoms with Crippen LogP contribution in [-0.4, -0.2) is 15.0 Å². The van der Waals surface area contributed by atoms with Gasteiger partial charge in [-0.3, -0.25) is 9.78 Å². The summed E-state index contributed by atoms with van der Waals surface area (Å²) in [5.74, 6) is 1.12. The van der Waals surface area contributed by atoms with Gasteiger partial charge in [-0.15, -0.1) is 0 Å². The predicted molar refractivity (Wildman–Crippen MR) is 60.1 cm³/mol. The molecule has 0 radical (unpaired) electrons. The van der Waals surface area contributed by atoms with Crippen molar-refractivity contribution in [2.24, 2.45) is 0 Å². The Morgan fingerprint density at radius 3 is 2.69 bits per heavy atom. The molecule has 0 aromatic carbocycles. The second kappa shape index (κ2) is 3.56. The molecule has 0 saturated heterocycles. The highest BCUT2D eigenvalue weighted by Gasteiger charge is 2.25. The molecule has 0 bridgehead atoms. The number of nitrogens with zero attached hydrogens (tertiary/aromatic N) is 2. The van der Waals surface area contributed by atoms with E-state index in [1.807, 2.05) is 12.1 Å². The van der Waals surface area contributed by atoms with E-state index in [1.165, 1.54) is 0 Å². The van der Waals surface area contributed by atoms with Crippen LogP contribution in [0.2, 0.25) is 0 Å². The van der Waals surface area contributed by atoms with E-state index in [1.54, 1.807) is 18.5 Å². The zero-order valence-electron chi connectivity index (χ0n) is 8.68. The minimum absolute atomic E-state index is 0.0799. The summed E-state index contributed by atoms with van der Waals surface area (Å²) in [6, 6.07) is 5.28. The van der Waals surface area contributed by atoms with Gasteiger partial charge in [0.15, 0.2) is 0 Å². The molecule has 1 N–H and O–H groups in total. The third kappa shape index (κ3) is 1.74. The first kappa shape index (κ1) is 9.27. The summed E-state index contributed by atoms with van der Waals surface area (Å²) in [6.07, 6.45) is 5.68. The Hall–Kier alpha value is -1.97. The van der Waals surface area contributed by atoms with Gasteiger partial charge < -0.3 is 4.98 Å². The average Bonchev–Trinajstić information content (AvgIpc) is 3.13. The molecule has 0 amide bonds. The average molecular weight is 213 g/mol. The lowest BCUT2D eigenvalue weighted by atomic mass is 10.2. The van der Waals surface area contributed by atoms with Gasteiger partial charge in [-0.2, -0.15) is 0 Å². The molecule has 2 aromatic heterocycles. The lowest BCUT2D eigenvalue weighted by molar-refractivity contribution is 0.976. The molecule has 80 valence electrons. The van der Waals surface area contributed by atoms with Gasteiger partial charge in [-0.1, -0.05) is 0 Å². The smallest absolute Gasteiger partial charge is 0.251 e. The Kier molecular flexibility index (Phi) is 2.06. The maximum absolute atomic E-state index is 11.5. The summed E-state index contributed by atoms with van der Waals surface area (Å²) in [5, 5.41) is 0. The number of nitrogens with one attached hydrogen (secondary N) is 1. The molecule has 4 nitrogen and oxygen atoms in total. The van der Waals surface area contributed by atoms with Crippen molar-refractivity contribution >= 4 is 0 Å². The minimum Gasteiger partial charge on any atom is -0.307 e. The molecular formula is C12H11N3O. The quantitative estimate of drug-likeness (QED) is 0.826. The Morgan fingerprint density at radius 1 is 1.25 bits per heavy atom. The fraction of sp³-hybridized carbons (Fsp3) is 0.250. The van der Waals surface area contributed by atoms with Crippen LogP contribution in [0.5, 0.6) is 0 Å². The normalized spacial score (nSPS) is 15.0. The summed E-state index contributed by atoms with van der Waals surface area (Å²) in [5.41, 5.74) is 1.73. The van der Waals surface area contributed by atoms with Crippen LogP contribution in [0.15, 0.2) is 35.4 Å². The Morgan fingerprint density at radius 2 is 2.00 bits per heavy atom. The van der Waals surface area contributed by atoms with Gasteiger partial charge >= 0.3 is 0 Å². The van der Waals surface area contributed by atoms with Crippen LogP contribution in [0, 0.1) is 0 Å². The topological polar surface area (TPSA) is 58.6 Å². The van der Waals surface area contributed by atoms with E-state index in [-0.39, 0.29) is 5.56 Å². The highest BCUT2D eigenvalue weighted by Crippen LogP contribution is 2.38. The van der Waals surface area contributed by atoms with Crippen molar-refractivity contribution in [3.63, 3.8) is 0 Å². The van der Waals surface area contributed by atoms with Gasteiger partial charge in [0.25, 0.3) is 5.56 Å². The van der Waals surface area contributed by atoms with Crippen LogP contribution in [0.3, 0.4) is 0 Å². The predicted octanol–water partition coefficient (Wildman–Crippen LogP) is 1.71. The van der Waals surface area contributed by atoms with E-state index in [9.17, 15) is 4.79 Å². The monoisotopic (exact) mass is 213 g/mol. The molecule has 0 aliphatic heterocycles. The van der Waals surface area contributed by atoms with E-state index in [4.69, 9.17) is 0 Å². The van der Waals surface area contributed by atoms with E-state index < -0.39 is 0 Å². The number of hydrogen-bond acceptors (Lipinski definition) is 3. The zero-order valence-corrected chi connectivity index (χ0v) is 8.68. The maximum Gasteiger partial charge on any atom is 0.251 e. The van der Waals surface area contributed by atoms with Gasteiger partial charge in [-0.25, -0.2) is 4.98 Å². The van der Waals surface area contributed by atoms with E-state index in [2.05, 4.69) is 15.0 Å². The van der Waals surface area contributed by atoms with Crippen molar-refractivity contribution in [2.75, 3.05) is 0 Å². The van der Waals surface area contributed by atoms with Gasteiger partial charge in [0.1, 0.15) is 5.82 Å². The van der Waals surface area contributed by atoms with Crippen LogP contribution < -0.4 is 5.56 Å². The molecule has 1 aliphatic carbocycles. The van der Waals surface area contributed by atoms with Crippen LogP contribution in [-0.2, 0) is 0 Å². The van der Waals surface area contributed by atoms with Gasteiger partial charge in [0.2, 0.25) is 0 Å². The molecule has 1 fully saturated rings. The summed E-state index contributed by atoms with van der Waals surface area (Å²) in [4.78, 5) is 22.7. The lowest BCUT2D eigenvalue weighted by Gasteiger charge is -2.02. The summed E-state index contributed by atoms with van der Waals surface area (Å²) < 4.78 is 0. The molecular weight excluding hydrogens is 202 g/mol. The molecule has 0 spiro atoms. The van der Waals surface area contributed by atoms with Crippen LogP contribution in [0.1, 0.15) is 24.5 Å². The van der Waals surface area contributed by atoms with Crippen LogP contribution in [0.25, 0.3) is 11.4 Å². The number of H-pyrrole nitrogens is 1. The summed E-state index contributed by atoms with van der Waals surface area (Å²) >= 11 is 0. The Bertz CT molecular complexity index is 558. The number of rotatable bonds is 2. The highest BCUT2D eigenvalue weighted by atomic mass is 16.1. The van der Waals surface area contributed by atoms with Gasteiger partial charge in [0.05, 0.1) is 5.69 Å². The SMILES string of the molecule is O=c1cc(C2CC2)nc(-c2ccncc2)[nH]1. The Balaban J connectivity index is 2.10. The molecule has 0 atom stereocenters. The van der Waals surface area contributed by atoms with E-state index in [0.29, 0.717) is 11.7 Å². The van der Waals surface area contributed by atoms with E-state index >= 15 is 0 Å². The molecule has 1 saturated carbocycles. The minimum atomic E-state index is -0.0799. The molecule has 2 aromatic rings. The highest BCUT2D eigenvalue weighted by molar-refractivity contribution is 5.53. The molecule has 4 heteroatoms. The molecule has 0 unspecified atom stereocenters. The second-order valence-corrected chi connectivity index (χ2v) is 4.03. The standard InChI is InChI=1S/C12H11N3O/c16-11-7-10(8-1-2-8)14-12(15-11)9-3-5-13-6-4-9/h3-8H,1-2H2,(H,14,15,16). The lowest BCUT2D eigenvalue weighted by Crippen LogP contribution is -2.09. The first-order chi connectivity index (χ1) is 7.83. The summed E-state index contributed by atoms with van der Waals surface area (Å²) in [6.45, 7) is 0. The number of aromatic nitrogens is 3. The third-order valence-corrected chi connectivity index (χ3v) is 2.71. The molecule has 3 rings (SSSR count). The first-order valence-corrected chi connectivity index (χ1v) is 5.34. The Labute approximate surface area is 92.4 Å². The fourth-order valence-electron chi connectivity index (χ4n) is 1.71. The van der Waals surface area contributed by atoms with Gasteiger partial charge in [0, 0.05) is 29.9 Å². The van der Waals surface area contributed by atoms with Crippen LogP contribution in [0.4, 0.5) is 0 Å². The van der Waals surface area contributed by atoms with Crippen molar-refractivity contribution < 1.29 is 0 Å². The van der Waals surface area contributed by atoms with Crippen molar-refractivity contribution in [3.8, 4) is 11.4 Å². The van der Waals surface area contributed by atoms with Gasteiger partial charge in [-0.05, 0) is 25.0 Å². The van der Waals surface area contributed by atoms with Crippen molar-refractivity contribution in [3.05, 3.63) is 46.6 Å². The number of hydrogen-bond donors (Lipinski definition) is 1. The second-order valence-electron chi connectivity index (χ2n) is 4.03.